The Kier molecular flexibility index (Phi) is 2.45. The van der Waals surface area contributed by atoms with E-state index in [2.05, 4.69) is 15.5 Å². The summed E-state index contributed by atoms with van der Waals surface area (Å²) >= 11 is 6.01. The highest BCUT2D eigenvalue weighted by molar-refractivity contribution is 6.31. The van der Waals surface area contributed by atoms with Gasteiger partial charge in [-0.3, -0.25) is 0 Å². The molecule has 0 saturated heterocycles. The molecule has 0 saturated carbocycles. The molecule has 2 rings (SSSR count). The van der Waals surface area contributed by atoms with Crippen molar-refractivity contribution in [1.29, 1.82) is 0 Å². The van der Waals surface area contributed by atoms with E-state index < -0.39 is 0 Å². The third-order valence-electron chi connectivity index (χ3n) is 1.99. The predicted octanol–water partition coefficient (Wildman–Crippen LogP) is 1.68. The maximum absolute atomic E-state index is 6.01. The van der Waals surface area contributed by atoms with E-state index in [9.17, 15) is 0 Å². The van der Waals surface area contributed by atoms with Crippen LogP contribution in [0.1, 0.15) is 11.4 Å². The smallest absolute Gasteiger partial charge is 0.148 e. The first-order valence-electron chi connectivity index (χ1n) is 4.23. The van der Waals surface area contributed by atoms with E-state index in [4.69, 9.17) is 11.6 Å². The normalized spacial score (nSPS) is 10.4. The molecule has 1 heterocycles. The number of benzene rings is 1. The van der Waals surface area contributed by atoms with Gasteiger partial charge >= 0.3 is 0 Å². The van der Waals surface area contributed by atoms with Crippen LogP contribution < -0.4 is 0 Å². The lowest BCUT2D eigenvalue weighted by molar-refractivity contribution is 0.633. The molecule has 1 aromatic carbocycles. The molecule has 4 nitrogen and oxygen atoms in total. The minimum Gasteiger partial charge on any atom is -0.225 e. The van der Waals surface area contributed by atoms with Crippen molar-refractivity contribution in [2.24, 2.45) is 0 Å². The minimum atomic E-state index is 0.610. The molecular formula is C9H9ClN4. The van der Waals surface area contributed by atoms with Gasteiger partial charge in [-0.25, -0.2) is 4.68 Å². The number of hydrogen-bond donors (Lipinski definition) is 0. The van der Waals surface area contributed by atoms with Gasteiger partial charge in [0, 0.05) is 5.02 Å². The van der Waals surface area contributed by atoms with Crippen LogP contribution in [0.5, 0.6) is 0 Å². The highest BCUT2D eigenvalue weighted by atomic mass is 35.5. The summed E-state index contributed by atoms with van der Waals surface area (Å²) < 4.78 is 1.71. The zero-order valence-electron chi connectivity index (χ0n) is 7.68. The Bertz CT molecular complexity index is 438. The van der Waals surface area contributed by atoms with Gasteiger partial charge in [-0.15, -0.1) is 5.10 Å². The monoisotopic (exact) mass is 208 g/mol. The summed E-state index contributed by atoms with van der Waals surface area (Å²) in [6.07, 6.45) is 0. The summed E-state index contributed by atoms with van der Waals surface area (Å²) in [5.41, 5.74) is 1.02. The van der Waals surface area contributed by atoms with Crippen LogP contribution in [0.4, 0.5) is 0 Å². The second-order valence-corrected chi connectivity index (χ2v) is 3.38. The van der Waals surface area contributed by atoms with Gasteiger partial charge in [0.2, 0.25) is 0 Å². The fraction of sp³-hybridized carbons (Fsp3) is 0.222. The second kappa shape index (κ2) is 3.75. The Morgan fingerprint density at radius 2 is 2.14 bits per heavy atom. The van der Waals surface area contributed by atoms with Crippen LogP contribution in [0.3, 0.4) is 0 Å². The first-order chi connectivity index (χ1) is 6.77. The van der Waals surface area contributed by atoms with Crippen LogP contribution in [0, 0.1) is 6.92 Å². The van der Waals surface area contributed by atoms with Gasteiger partial charge in [0.25, 0.3) is 0 Å². The Balaban J connectivity index is 2.28. The second-order valence-electron chi connectivity index (χ2n) is 2.98. The molecule has 14 heavy (non-hydrogen) atoms. The lowest BCUT2D eigenvalue weighted by Crippen LogP contribution is -2.04. The molecule has 5 heteroatoms. The molecular weight excluding hydrogens is 200 g/mol. The van der Waals surface area contributed by atoms with Crippen molar-refractivity contribution < 1.29 is 0 Å². The molecule has 1 aromatic heterocycles. The standard InChI is InChI=1S/C9H9ClN4/c1-7-11-12-13-14(7)6-8-4-2-3-5-9(8)10/h2-5H,6H2,1H3. The van der Waals surface area contributed by atoms with E-state index in [0.29, 0.717) is 6.54 Å². The number of tetrazole rings is 1. The summed E-state index contributed by atoms with van der Waals surface area (Å²) in [5, 5.41) is 12.0. The van der Waals surface area contributed by atoms with Crippen LogP contribution in [-0.4, -0.2) is 20.2 Å². The molecule has 0 amide bonds. The van der Waals surface area contributed by atoms with Crippen molar-refractivity contribution in [2.75, 3.05) is 0 Å². The van der Waals surface area contributed by atoms with Crippen LogP contribution >= 0.6 is 11.6 Å². The van der Waals surface area contributed by atoms with Crippen molar-refractivity contribution in [2.45, 2.75) is 13.5 Å². The molecule has 0 aliphatic carbocycles. The van der Waals surface area contributed by atoms with Crippen molar-refractivity contribution >= 4 is 11.6 Å². The molecule has 0 N–H and O–H groups in total. The molecule has 0 bridgehead atoms. The quantitative estimate of drug-likeness (QED) is 0.754. The maximum atomic E-state index is 6.01. The molecule has 2 aromatic rings. The highest BCUT2D eigenvalue weighted by Crippen LogP contribution is 2.15. The fourth-order valence-electron chi connectivity index (χ4n) is 1.18. The predicted molar refractivity (Wildman–Crippen MR) is 53.1 cm³/mol. The van der Waals surface area contributed by atoms with Gasteiger partial charge in [-0.2, -0.15) is 0 Å². The zero-order valence-corrected chi connectivity index (χ0v) is 8.44. The maximum Gasteiger partial charge on any atom is 0.148 e. The topological polar surface area (TPSA) is 43.6 Å². The summed E-state index contributed by atoms with van der Waals surface area (Å²) in [6.45, 7) is 2.47. The SMILES string of the molecule is Cc1nnnn1Cc1ccccc1Cl. The third kappa shape index (κ3) is 1.75. The van der Waals surface area contributed by atoms with Crippen LogP contribution in [0.2, 0.25) is 5.02 Å². The molecule has 0 aliphatic heterocycles. The Morgan fingerprint density at radius 1 is 1.36 bits per heavy atom. The van der Waals surface area contributed by atoms with E-state index in [1.807, 2.05) is 31.2 Å². The van der Waals surface area contributed by atoms with Gasteiger partial charge in [-0.05, 0) is 29.0 Å². The van der Waals surface area contributed by atoms with Crippen molar-refractivity contribution in [1.82, 2.24) is 20.2 Å². The van der Waals surface area contributed by atoms with Crippen LogP contribution in [0.25, 0.3) is 0 Å². The summed E-state index contributed by atoms with van der Waals surface area (Å²) in [5.74, 6) is 0.782. The zero-order chi connectivity index (χ0) is 9.97. The lowest BCUT2D eigenvalue weighted by atomic mass is 10.2. The lowest BCUT2D eigenvalue weighted by Gasteiger charge is -2.03. The summed E-state index contributed by atoms with van der Waals surface area (Å²) in [4.78, 5) is 0. The molecule has 0 aliphatic rings. The largest absolute Gasteiger partial charge is 0.225 e. The number of nitrogens with zero attached hydrogens (tertiary/aromatic N) is 4. The van der Waals surface area contributed by atoms with Crippen LogP contribution in [-0.2, 0) is 6.54 Å². The average Bonchev–Trinajstić information content (AvgIpc) is 2.56. The van der Waals surface area contributed by atoms with E-state index >= 15 is 0 Å². The van der Waals surface area contributed by atoms with Gasteiger partial charge in [0.15, 0.2) is 0 Å². The number of aromatic nitrogens is 4. The van der Waals surface area contributed by atoms with Crippen LogP contribution in [0.15, 0.2) is 24.3 Å². The Morgan fingerprint density at radius 3 is 2.79 bits per heavy atom. The first kappa shape index (κ1) is 9.15. The van der Waals surface area contributed by atoms with Gasteiger partial charge in [0.05, 0.1) is 6.54 Å². The van der Waals surface area contributed by atoms with E-state index in [1.54, 1.807) is 4.68 Å². The van der Waals surface area contributed by atoms with Gasteiger partial charge < -0.3 is 0 Å². The molecule has 72 valence electrons. The summed E-state index contributed by atoms with van der Waals surface area (Å²) in [7, 11) is 0. The molecule has 0 spiro atoms. The molecule has 0 fully saturated rings. The molecule has 0 atom stereocenters. The minimum absolute atomic E-state index is 0.610. The Labute approximate surface area is 86.5 Å². The van der Waals surface area contributed by atoms with E-state index in [0.717, 1.165) is 16.4 Å². The highest BCUT2D eigenvalue weighted by Gasteiger charge is 2.03. The van der Waals surface area contributed by atoms with Crippen molar-refractivity contribution in [3.63, 3.8) is 0 Å². The summed E-state index contributed by atoms with van der Waals surface area (Å²) in [6, 6.07) is 7.67. The fourth-order valence-corrected chi connectivity index (χ4v) is 1.38. The molecule has 0 radical (unpaired) electrons. The van der Waals surface area contributed by atoms with Crippen molar-refractivity contribution in [3.05, 3.63) is 40.7 Å². The molecule has 0 unspecified atom stereocenters. The van der Waals surface area contributed by atoms with E-state index in [1.165, 1.54) is 0 Å². The van der Waals surface area contributed by atoms with Gasteiger partial charge in [-0.1, -0.05) is 29.8 Å². The number of halogens is 1. The van der Waals surface area contributed by atoms with Crippen molar-refractivity contribution in [3.8, 4) is 0 Å². The van der Waals surface area contributed by atoms with E-state index in [-0.39, 0.29) is 0 Å². The third-order valence-corrected chi connectivity index (χ3v) is 2.36. The number of aryl methyl sites for hydroxylation is 1. The average molecular weight is 209 g/mol. The first-order valence-corrected chi connectivity index (χ1v) is 4.61. The Hall–Kier alpha value is -1.42. The van der Waals surface area contributed by atoms with Gasteiger partial charge in [0.1, 0.15) is 5.82 Å². The number of hydrogen-bond acceptors (Lipinski definition) is 3. The number of rotatable bonds is 2.